The molecule has 0 N–H and O–H groups in total. The molecule has 2 atom stereocenters. The quantitative estimate of drug-likeness (QED) is 0.452. The van der Waals surface area contributed by atoms with Gasteiger partial charge in [0.05, 0.1) is 12.7 Å². The second-order valence-corrected chi connectivity index (χ2v) is 5.49. The van der Waals surface area contributed by atoms with Gasteiger partial charge >= 0.3 is 0 Å². The summed E-state index contributed by atoms with van der Waals surface area (Å²) in [5, 5.41) is 0. The van der Waals surface area contributed by atoms with Crippen LogP contribution >= 0.6 is 0 Å². The summed E-state index contributed by atoms with van der Waals surface area (Å²) in [6.45, 7) is 5.10. The largest absolute Gasteiger partial charge is 0.373 e. The summed E-state index contributed by atoms with van der Waals surface area (Å²) in [6.07, 6.45) is 13.3. The van der Waals surface area contributed by atoms with E-state index in [0.717, 1.165) is 24.9 Å². The number of carbonyl (C=O) groups excluding carboxylic acids is 1. The Morgan fingerprint density at radius 1 is 1.22 bits per heavy atom. The van der Waals surface area contributed by atoms with Crippen LogP contribution in [0.25, 0.3) is 0 Å². The molecule has 0 spiro atoms. The van der Waals surface area contributed by atoms with Crippen molar-refractivity contribution in [3.05, 3.63) is 11.6 Å². The molecule has 1 heterocycles. The maximum atomic E-state index is 11.0. The molecule has 0 fully saturated rings. The van der Waals surface area contributed by atoms with Gasteiger partial charge in [-0.25, -0.2) is 0 Å². The summed E-state index contributed by atoms with van der Waals surface area (Å²) in [5.41, 5.74) is 0.861. The number of ether oxygens (including phenoxy) is 1. The third kappa shape index (κ3) is 5.81. The van der Waals surface area contributed by atoms with Crippen molar-refractivity contribution in [3.63, 3.8) is 0 Å². The van der Waals surface area contributed by atoms with E-state index >= 15 is 0 Å². The first-order valence-electron chi connectivity index (χ1n) is 7.56. The van der Waals surface area contributed by atoms with Crippen LogP contribution in [0.5, 0.6) is 0 Å². The highest BCUT2D eigenvalue weighted by molar-refractivity contribution is 5.75. The van der Waals surface area contributed by atoms with Gasteiger partial charge in [-0.2, -0.15) is 0 Å². The van der Waals surface area contributed by atoms with Crippen molar-refractivity contribution >= 4 is 6.29 Å². The van der Waals surface area contributed by atoms with Gasteiger partial charge in [-0.3, -0.25) is 4.79 Å². The van der Waals surface area contributed by atoms with Crippen molar-refractivity contribution in [3.8, 4) is 0 Å². The summed E-state index contributed by atoms with van der Waals surface area (Å²) < 4.78 is 5.74. The van der Waals surface area contributed by atoms with Gasteiger partial charge in [0.15, 0.2) is 0 Å². The fourth-order valence-electron chi connectivity index (χ4n) is 2.50. The number of rotatable bonds is 9. The van der Waals surface area contributed by atoms with E-state index in [1.165, 1.54) is 44.9 Å². The van der Waals surface area contributed by atoms with Crippen LogP contribution < -0.4 is 0 Å². The van der Waals surface area contributed by atoms with Gasteiger partial charge in [-0.05, 0) is 12.3 Å². The van der Waals surface area contributed by atoms with Crippen LogP contribution in [0, 0.1) is 5.92 Å². The van der Waals surface area contributed by atoms with E-state index in [9.17, 15) is 4.79 Å². The molecule has 18 heavy (non-hydrogen) atoms. The maximum absolute atomic E-state index is 11.0. The summed E-state index contributed by atoms with van der Waals surface area (Å²) in [7, 11) is 0. The van der Waals surface area contributed by atoms with Crippen molar-refractivity contribution in [2.75, 3.05) is 6.61 Å². The molecule has 2 heteroatoms. The molecule has 2 nitrogen and oxygen atoms in total. The average Bonchev–Trinajstić information content (AvgIpc) is 2.39. The van der Waals surface area contributed by atoms with E-state index in [4.69, 9.17) is 4.74 Å². The predicted molar refractivity (Wildman–Crippen MR) is 75.7 cm³/mol. The Morgan fingerprint density at radius 2 is 1.89 bits per heavy atom. The highest BCUT2D eigenvalue weighted by atomic mass is 16.5. The lowest BCUT2D eigenvalue weighted by molar-refractivity contribution is -0.106. The molecule has 0 amide bonds. The van der Waals surface area contributed by atoms with Crippen LogP contribution in [0.15, 0.2) is 11.6 Å². The summed E-state index contributed by atoms with van der Waals surface area (Å²) >= 11 is 0. The lowest BCUT2D eigenvalue weighted by atomic mass is 9.97. The number of hydrogen-bond donors (Lipinski definition) is 0. The fraction of sp³-hybridized carbons (Fsp3) is 0.812. The SMILES string of the molecule is CCCCCCCCC[C@@H]1OC[C@@H](C)C=C1C=O. The second-order valence-electron chi connectivity index (χ2n) is 5.49. The minimum atomic E-state index is 0.0642. The van der Waals surface area contributed by atoms with Gasteiger partial charge in [0.1, 0.15) is 6.29 Å². The van der Waals surface area contributed by atoms with E-state index in [-0.39, 0.29) is 6.10 Å². The molecular formula is C16H28O2. The minimum absolute atomic E-state index is 0.0642. The molecule has 0 radical (unpaired) electrons. The topological polar surface area (TPSA) is 26.3 Å². The monoisotopic (exact) mass is 252 g/mol. The molecule has 104 valence electrons. The Morgan fingerprint density at radius 3 is 2.56 bits per heavy atom. The predicted octanol–water partition coefficient (Wildman–Crippen LogP) is 4.29. The van der Waals surface area contributed by atoms with Crippen LogP contribution in [-0.4, -0.2) is 19.0 Å². The Kier molecular flexibility index (Phi) is 7.99. The molecule has 0 aliphatic carbocycles. The lowest BCUT2D eigenvalue weighted by Crippen LogP contribution is -2.25. The number of unbranched alkanes of at least 4 members (excludes halogenated alkanes) is 6. The Hall–Kier alpha value is -0.630. The van der Waals surface area contributed by atoms with Crippen LogP contribution in [0.3, 0.4) is 0 Å². The Balaban J connectivity index is 2.11. The lowest BCUT2D eigenvalue weighted by Gasteiger charge is -2.25. The zero-order chi connectivity index (χ0) is 13.2. The Labute approximate surface area is 112 Å². The van der Waals surface area contributed by atoms with Crippen molar-refractivity contribution < 1.29 is 9.53 Å². The van der Waals surface area contributed by atoms with Crippen molar-refractivity contribution in [2.24, 2.45) is 5.92 Å². The molecule has 0 aromatic rings. The molecule has 0 saturated carbocycles. The van der Waals surface area contributed by atoms with E-state index < -0.39 is 0 Å². The first-order chi connectivity index (χ1) is 8.77. The van der Waals surface area contributed by atoms with Crippen LogP contribution in [0.1, 0.15) is 65.2 Å². The minimum Gasteiger partial charge on any atom is -0.373 e. The highest BCUT2D eigenvalue weighted by Crippen LogP contribution is 2.21. The molecule has 0 bridgehead atoms. The van der Waals surface area contributed by atoms with Gasteiger partial charge in [0.2, 0.25) is 0 Å². The molecule has 1 aliphatic heterocycles. The smallest absolute Gasteiger partial charge is 0.148 e. The highest BCUT2D eigenvalue weighted by Gasteiger charge is 2.20. The van der Waals surface area contributed by atoms with Crippen LogP contribution in [0.2, 0.25) is 0 Å². The molecule has 0 unspecified atom stereocenters. The average molecular weight is 252 g/mol. The summed E-state index contributed by atoms with van der Waals surface area (Å²) in [4.78, 5) is 11.0. The molecule has 0 aromatic carbocycles. The van der Waals surface area contributed by atoms with Gasteiger partial charge in [0, 0.05) is 5.57 Å². The number of aldehydes is 1. The van der Waals surface area contributed by atoms with E-state index in [2.05, 4.69) is 19.9 Å². The molecule has 0 saturated heterocycles. The van der Waals surface area contributed by atoms with Crippen molar-refractivity contribution in [1.29, 1.82) is 0 Å². The van der Waals surface area contributed by atoms with E-state index in [1.54, 1.807) is 0 Å². The normalized spacial score (nSPS) is 23.8. The van der Waals surface area contributed by atoms with Gasteiger partial charge in [0.25, 0.3) is 0 Å². The van der Waals surface area contributed by atoms with Crippen molar-refractivity contribution in [1.82, 2.24) is 0 Å². The molecule has 0 aromatic heterocycles. The van der Waals surface area contributed by atoms with Crippen LogP contribution in [0.4, 0.5) is 0 Å². The zero-order valence-corrected chi connectivity index (χ0v) is 12.0. The van der Waals surface area contributed by atoms with E-state index in [1.807, 2.05) is 0 Å². The zero-order valence-electron chi connectivity index (χ0n) is 12.0. The first-order valence-corrected chi connectivity index (χ1v) is 7.56. The number of hydrogen-bond acceptors (Lipinski definition) is 2. The van der Waals surface area contributed by atoms with Crippen LogP contribution in [-0.2, 0) is 9.53 Å². The molecule has 1 rings (SSSR count). The Bertz CT molecular complexity index is 258. The van der Waals surface area contributed by atoms with E-state index in [0.29, 0.717) is 5.92 Å². The maximum Gasteiger partial charge on any atom is 0.148 e. The third-order valence-corrected chi connectivity index (χ3v) is 3.62. The summed E-state index contributed by atoms with van der Waals surface area (Å²) in [6, 6.07) is 0. The van der Waals surface area contributed by atoms with Gasteiger partial charge in [-0.1, -0.05) is 64.9 Å². The van der Waals surface area contributed by atoms with Gasteiger partial charge < -0.3 is 4.74 Å². The fourth-order valence-corrected chi connectivity index (χ4v) is 2.50. The van der Waals surface area contributed by atoms with Crippen molar-refractivity contribution in [2.45, 2.75) is 71.3 Å². The molecular weight excluding hydrogens is 224 g/mol. The standard InChI is InChI=1S/C16H28O2/c1-3-4-5-6-7-8-9-10-16-15(12-17)11-14(2)13-18-16/h11-12,14,16H,3-10,13H2,1-2H3/t14-,16-/m0/s1. The van der Waals surface area contributed by atoms with Gasteiger partial charge in [-0.15, -0.1) is 0 Å². The second kappa shape index (κ2) is 9.32. The summed E-state index contributed by atoms with van der Waals surface area (Å²) in [5.74, 6) is 0.385. The number of carbonyl (C=O) groups is 1. The third-order valence-electron chi connectivity index (χ3n) is 3.62. The molecule has 1 aliphatic rings. The first kappa shape index (κ1) is 15.4.